The third-order valence-electron chi connectivity index (χ3n) is 3.17. The highest BCUT2D eigenvalue weighted by atomic mass is 16.5. The number of nitrogen functional groups attached to an aromatic ring is 1. The van der Waals surface area contributed by atoms with Crippen molar-refractivity contribution in [2.45, 2.75) is 13.3 Å². The molecule has 0 bridgehead atoms. The van der Waals surface area contributed by atoms with Crippen molar-refractivity contribution >= 4 is 11.6 Å². The van der Waals surface area contributed by atoms with Crippen LogP contribution in [0.2, 0.25) is 0 Å². The van der Waals surface area contributed by atoms with Crippen LogP contribution >= 0.6 is 0 Å². The van der Waals surface area contributed by atoms with Crippen molar-refractivity contribution in [1.29, 1.82) is 0 Å². The molecule has 0 spiro atoms. The zero-order valence-electron chi connectivity index (χ0n) is 12.3. The lowest BCUT2D eigenvalue weighted by molar-refractivity contribution is 0.0951. The van der Waals surface area contributed by atoms with Gasteiger partial charge in [-0.25, -0.2) is 0 Å². The lowest BCUT2D eigenvalue weighted by Crippen LogP contribution is -2.27. The van der Waals surface area contributed by atoms with Crippen LogP contribution in [-0.4, -0.2) is 28.8 Å². The zero-order chi connectivity index (χ0) is 15.2. The molecule has 1 aromatic heterocycles. The first kappa shape index (κ1) is 14.9. The lowest BCUT2D eigenvalue weighted by Gasteiger charge is -2.12. The van der Waals surface area contributed by atoms with Crippen molar-refractivity contribution in [3.05, 3.63) is 41.7 Å². The molecule has 0 saturated carbocycles. The maximum atomic E-state index is 12.3. The Hall–Kier alpha value is -2.50. The van der Waals surface area contributed by atoms with Crippen LogP contribution in [0.3, 0.4) is 0 Å². The minimum atomic E-state index is -0.223. The van der Waals surface area contributed by atoms with Gasteiger partial charge in [0.15, 0.2) is 0 Å². The Morgan fingerprint density at radius 1 is 1.43 bits per heavy atom. The number of amides is 1. The first-order valence-electron chi connectivity index (χ1n) is 6.89. The van der Waals surface area contributed by atoms with Gasteiger partial charge in [-0.05, 0) is 25.1 Å². The summed E-state index contributed by atoms with van der Waals surface area (Å²) in [5, 5.41) is 6.95. The molecule has 2 rings (SSSR count). The minimum Gasteiger partial charge on any atom is -0.493 e. The molecule has 0 aliphatic carbocycles. The highest BCUT2D eigenvalue weighted by Gasteiger charge is 2.15. The van der Waals surface area contributed by atoms with Gasteiger partial charge in [0, 0.05) is 37.6 Å². The molecule has 0 fully saturated rings. The molecular formula is C15H20N4O2. The number of aromatic nitrogens is 2. The number of nitrogens with one attached hydrogen (secondary N) is 1. The Bertz CT molecular complexity index is 622. The average Bonchev–Trinajstić information content (AvgIpc) is 2.85. The SMILES string of the molecule is CCOc1cccc(N)c1C(=O)NCCc1ccnn1C. The molecule has 6 heteroatoms. The second-order valence-electron chi connectivity index (χ2n) is 4.61. The summed E-state index contributed by atoms with van der Waals surface area (Å²) in [6.07, 6.45) is 2.44. The Kier molecular flexibility index (Phi) is 4.81. The van der Waals surface area contributed by atoms with Crippen molar-refractivity contribution < 1.29 is 9.53 Å². The van der Waals surface area contributed by atoms with Gasteiger partial charge in [-0.1, -0.05) is 6.07 Å². The molecule has 21 heavy (non-hydrogen) atoms. The van der Waals surface area contributed by atoms with Gasteiger partial charge in [0.25, 0.3) is 5.91 Å². The van der Waals surface area contributed by atoms with Gasteiger partial charge in [-0.3, -0.25) is 9.48 Å². The highest BCUT2D eigenvalue weighted by molar-refractivity contribution is 6.01. The van der Waals surface area contributed by atoms with Gasteiger partial charge in [0.2, 0.25) is 0 Å². The van der Waals surface area contributed by atoms with E-state index in [4.69, 9.17) is 10.5 Å². The van der Waals surface area contributed by atoms with E-state index < -0.39 is 0 Å². The first-order chi connectivity index (χ1) is 10.1. The zero-order valence-corrected chi connectivity index (χ0v) is 12.3. The summed E-state index contributed by atoms with van der Waals surface area (Å²) in [6.45, 7) is 2.87. The van der Waals surface area contributed by atoms with Crippen molar-refractivity contribution in [3.8, 4) is 5.75 Å². The number of hydrogen-bond acceptors (Lipinski definition) is 4. The van der Waals surface area contributed by atoms with Gasteiger partial charge in [-0.2, -0.15) is 5.10 Å². The molecule has 1 aromatic carbocycles. The Morgan fingerprint density at radius 3 is 2.90 bits per heavy atom. The third kappa shape index (κ3) is 3.53. The van der Waals surface area contributed by atoms with E-state index in [0.717, 1.165) is 5.69 Å². The topological polar surface area (TPSA) is 82.2 Å². The summed E-state index contributed by atoms with van der Waals surface area (Å²) >= 11 is 0. The maximum Gasteiger partial charge on any atom is 0.257 e. The average molecular weight is 288 g/mol. The molecule has 0 aliphatic heterocycles. The smallest absolute Gasteiger partial charge is 0.257 e. The largest absolute Gasteiger partial charge is 0.493 e. The number of ether oxygens (including phenoxy) is 1. The first-order valence-corrected chi connectivity index (χ1v) is 6.89. The number of aryl methyl sites for hydroxylation is 1. The predicted molar refractivity (Wildman–Crippen MR) is 81.3 cm³/mol. The lowest BCUT2D eigenvalue weighted by atomic mass is 10.1. The molecule has 112 valence electrons. The van der Waals surface area contributed by atoms with Crippen molar-refractivity contribution in [3.63, 3.8) is 0 Å². The number of nitrogens with two attached hydrogens (primary N) is 1. The second-order valence-corrected chi connectivity index (χ2v) is 4.61. The highest BCUT2D eigenvalue weighted by Crippen LogP contribution is 2.24. The van der Waals surface area contributed by atoms with E-state index in [9.17, 15) is 4.79 Å². The number of carbonyl (C=O) groups is 1. The number of anilines is 1. The van der Waals surface area contributed by atoms with Crippen molar-refractivity contribution in [2.75, 3.05) is 18.9 Å². The van der Waals surface area contributed by atoms with Gasteiger partial charge < -0.3 is 15.8 Å². The Balaban J connectivity index is 2.02. The van der Waals surface area contributed by atoms with E-state index in [1.165, 1.54) is 0 Å². The summed E-state index contributed by atoms with van der Waals surface area (Å²) in [6, 6.07) is 7.13. The van der Waals surface area contributed by atoms with E-state index in [1.54, 1.807) is 29.1 Å². The van der Waals surface area contributed by atoms with Gasteiger partial charge in [0.1, 0.15) is 11.3 Å². The van der Waals surface area contributed by atoms with Crippen LogP contribution in [0.15, 0.2) is 30.5 Å². The number of nitrogens with zero attached hydrogens (tertiary/aromatic N) is 2. The van der Waals surface area contributed by atoms with Crippen molar-refractivity contribution in [1.82, 2.24) is 15.1 Å². The van der Waals surface area contributed by atoms with E-state index in [-0.39, 0.29) is 5.91 Å². The maximum absolute atomic E-state index is 12.3. The van der Waals surface area contributed by atoms with E-state index in [1.807, 2.05) is 20.0 Å². The fourth-order valence-electron chi connectivity index (χ4n) is 2.11. The normalized spacial score (nSPS) is 10.4. The number of carbonyl (C=O) groups excluding carboxylic acids is 1. The molecule has 0 unspecified atom stereocenters. The molecule has 1 heterocycles. The molecule has 0 radical (unpaired) electrons. The summed E-state index contributed by atoms with van der Waals surface area (Å²) in [5.74, 6) is 0.286. The van der Waals surface area contributed by atoms with Crippen LogP contribution < -0.4 is 15.8 Å². The molecular weight excluding hydrogens is 268 g/mol. The number of hydrogen-bond donors (Lipinski definition) is 2. The fraction of sp³-hybridized carbons (Fsp3) is 0.333. The molecule has 3 N–H and O–H groups in total. The fourth-order valence-corrected chi connectivity index (χ4v) is 2.11. The summed E-state index contributed by atoms with van der Waals surface area (Å²) in [4.78, 5) is 12.3. The van der Waals surface area contributed by atoms with Crippen LogP contribution in [0, 0.1) is 0 Å². The van der Waals surface area contributed by atoms with Crippen LogP contribution in [0.5, 0.6) is 5.75 Å². The van der Waals surface area contributed by atoms with E-state index >= 15 is 0 Å². The second kappa shape index (κ2) is 6.78. The quantitative estimate of drug-likeness (QED) is 0.787. The molecule has 6 nitrogen and oxygen atoms in total. The summed E-state index contributed by atoms with van der Waals surface area (Å²) < 4.78 is 7.24. The standard InChI is InChI=1S/C15H20N4O2/c1-3-21-13-6-4-5-12(16)14(13)15(20)17-9-7-11-8-10-18-19(11)2/h4-6,8,10H,3,7,9,16H2,1-2H3,(H,17,20). The molecule has 1 amide bonds. The minimum absolute atomic E-state index is 0.223. The third-order valence-corrected chi connectivity index (χ3v) is 3.17. The summed E-state index contributed by atoms with van der Waals surface area (Å²) in [5.41, 5.74) is 7.75. The number of benzene rings is 1. The monoisotopic (exact) mass is 288 g/mol. The molecule has 0 aliphatic rings. The molecule has 2 aromatic rings. The van der Waals surface area contributed by atoms with Crippen LogP contribution in [0.4, 0.5) is 5.69 Å². The van der Waals surface area contributed by atoms with Crippen LogP contribution in [-0.2, 0) is 13.5 Å². The number of rotatable bonds is 6. The van der Waals surface area contributed by atoms with E-state index in [2.05, 4.69) is 10.4 Å². The van der Waals surface area contributed by atoms with E-state index in [0.29, 0.717) is 36.6 Å². The van der Waals surface area contributed by atoms with Crippen molar-refractivity contribution in [2.24, 2.45) is 7.05 Å². The van der Waals surface area contributed by atoms with Crippen LogP contribution in [0.25, 0.3) is 0 Å². The van der Waals surface area contributed by atoms with Crippen LogP contribution in [0.1, 0.15) is 23.0 Å². The van der Waals surface area contributed by atoms with Gasteiger partial charge in [-0.15, -0.1) is 0 Å². The molecule has 0 atom stereocenters. The Morgan fingerprint density at radius 2 is 2.24 bits per heavy atom. The predicted octanol–water partition coefficient (Wildman–Crippen LogP) is 1.37. The van der Waals surface area contributed by atoms with Gasteiger partial charge >= 0.3 is 0 Å². The van der Waals surface area contributed by atoms with Gasteiger partial charge in [0.05, 0.1) is 6.61 Å². The molecule has 0 saturated heterocycles. The Labute approximate surface area is 123 Å². The summed E-state index contributed by atoms with van der Waals surface area (Å²) in [7, 11) is 1.87.